The molecule has 1 rings (SSSR count). The van der Waals surface area contributed by atoms with Crippen molar-refractivity contribution in [2.75, 3.05) is 6.61 Å². The number of aliphatic hydroxyl groups is 1. The largest absolute Gasteiger partial charge is 0.396 e. The molecule has 0 aromatic heterocycles. The van der Waals surface area contributed by atoms with E-state index in [0.29, 0.717) is 18.4 Å². The second kappa shape index (κ2) is 6.89. The van der Waals surface area contributed by atoms with Gasteiger partial charge in [-0.3, -0.25) is 4.79 Å². The Kier molecular flexibility index (Phi) is 5.81. The van der Waals surface area contributed by atoms with Crippen LogP contribution in [-0.2, 0) is 4.79 Å². The molecule has 1 fully saturated rings. The summed E-state index contributed by atoms with van der Waals surface area (Å²) >= 11 is 0. The molecule has 1 aliphatic rings. The zero-order valence-electron chi connectivity index (χ0n) is 10.5. The molecule has 0 aliphatic heterocycles. The van der Waals surface area contributed by atoms with Crippen LogP contribution in [0.5, 0.6) is 0 Å². The summed E-state index contributed by atoms with van der Waals surface area (Å²) in [7, 11) is 0. The Morgan fingerprint density at radius 2 is 2.06 bits per heavy atom. The molecule has 0 aromatic rings. The van der Waals surface area contributed by atoms with Crippen molar-refractivity contribution in [1.29, 1.82) is 0 Å². The van der Waals surface area contributed by atoms with Gasteiger partial charge >= 0.3 is 0 Å². The van der Waals surface area contributed by atoms with Crippen molar-refractivity contribution in [1.82, 2.24) is 5.32 Å². The second-order valence-corrected chi connectivity index (χ2v) is 5.12. The van der Waals surface area contributed by atoms with Gasteiger partial charge in [0.2, 0.25) is 5.91 Å². The fourth-order valence-electron chi connectivity index (χ4n) is 2.46. The summed E-state index contributed by atoms with van der Waals surface area (Å²) in [5.41, 5.74) is 0. The molecule has 16 heavy (non-hydrogen) atoms. The number of hydrogen-bond donors (Lipinski definition) is 2. The Bertz CT molecular complexity index is 218. The molecule has 1 amide bonds. The van der Waals surface area contributed by atoms with E-state index in [9.17, 15) is 4.79 Å². The van der Waals surface area contributed by atoms with Gasteiger partial charge in [0.25, 0.3) is 0 Å². The number of nitrogens with one attached hydrogen (secondary N) is 1. The van der Waals surface area contributed by atoms with E-state index >= 15 is 0 Å². The average molecular weight is 227 g/mol. The van der Waals surface area contributed by atoms with Crippen molar-refractivity contribution in [3.8, 4) is 0 Å². The van der Waals surface area contributed by atoms with Crippen LogP contribution in [0.1, 0.15) is 52.4 Å². The van der Waals surface area contributed by atoms with Gasteiger partial charge < -0.3 is 10.4 Å². The van der Waals surface area contributed by atoms with Gasteiger partial charge in [-0.25, -0.2) is 0 Å². The maximum absolute atomic E-state index is 11.6. The highest BCUT2D eigenvalue weighted by molar-refractivity contribution is 5.76. The Balaban J connectivity index is 2.26. The van der Waals surface area contributed by atoms with Crippen molar-refractivity contribution in [3.63, 3.8) is 0 Å². The van der Waals surface area contributed by atoms with E-state index in [1.807, 2.05) is 0 Å². The summed E-state index contributed by atoms with van der Waals surface area (Å²) in [6, 6.07) is 0.366. The lowest BCUT2D eigenvalue weighted by atomic mass is 9.78. The number of rotatable bonds is 5. The van der Waals surface area contributed by atoms with Crippen LogP contribution < -0.4 is 5.32 Å². The van der Waals surface area contributed by atoms with Crippen LogP contribution in [0.15, 0.2) is 0 Å². The third-order valence-corrected chi connectivity index (χ3v) is 3.87. The van der Waals surface area contributed by atoms with E-state index in [-0.39, 0.29) is 12.5 Å². The molecule has 0 spiro atoms. The third kappa shape index (κ3) is 4.12. The summed E-state index contributed by atoms with van der Waals surface area (Å²) in [5, 5.41) is 11.8. The lowest BCUT2D eigenvalue weighted by molar-refractivity contribution is -0.122. The van der Waals surface area contributed by atoms with Gasteiger partial charge in [0.15, 0.2) is 0 Å². The van der Waals surface area contributed by atoms with Crippen LogP contribution in [0.25, 0.3) is 0 Å². The van der Waals surface area contributed by atoms with Crippen LogP contribution in [0, 0.1) is 11.8 Å². The number of carbonyl (C=O) groups is 1. The summed E-state index contributed by atoms with van der Waals surface area (Å²) in [5.74, 6) is 1.46. The van der Waals surface area contributed by atoms with Gasteiger partial charge in [-0.1, -0.05) is 26.7 Å². The number of unbranched alkanes of at least 4 members (excludes halogenated alkanes) is 1. The van der Waals surface area contributed by atoms with E-state index in [1.165, 1.54) is 12.8 Å². The van der Waals surface area contributed by atoms with Crippen molar-refractivity contribution >= 4 is 5.91 Å². The Morgan fingerprint density at radius 3 is 2.75 bits per heavy atom. The molecule has 3 heteroatoms. The Morgan fingerprint density at radius 1 is 1.31 bits per heavy atom. The summed E-state index contributed by atoms with van der Waals surface area (Å²) < 4.78 is 0. The Labute approximate surface area is 98.6 Å². The van der Waals surface area contributed by atoms with E-state index in [1.54, 1.807) is 0 Å². The molecule has 3 unspecified atom stereocenters. The maximum atomic E-state index is 11.6. The van der Waals surface area contributed by atoms with E-state index in [0.717, 1.165) is 25.2 Å². The first-order valence-electron chi connectivity index (χ1n) is 6.55. The highest BCUT2D eigenvalue weighted by Gasteiger charge is 2.27. The van der Waals surface area contributed by atoms with Gasteiger partial charge in [-0.05, 0) is 31.1 Å². The minimum absolute atomic E-state index is 0.152. The second-order valence-electron chi connectivity index (χ2n) is 5.12. The average Bonchev–Trinajstić information content (AvgIpc) is 2.25. The van der Waals surface area contributed by atoms with Crippen LogP contribution in [-0.4, -0.2) is 23.7 Å². The van der Waals surface area contributed by atoms with E-state index in [2.05, 4.69) is 19.2 Å². The highest BCUT2D eigenvalue weighted by Crippen LogP contribution is 2.29. The zero-order chi connectivity index (χ0) is 12.0. The van der Waals surface area contributed by atoms with Gasteiger partial charge in [-0.2, -0.15) is 0 Å². The predicted octanol–water partition coefficient (Wildman–Crippen LogP) is 2.09. The number of amides is 1. The first kappa shape index (κ1) is 13.5. The van der Waals surface area contributed by atoms with Gasteiger partial charge in [0, 0.05) is 19.1 Å². The van der Waals surface area contributed by atoms with E-state index < -0.39 is 0 Å². The fourth-order valence-corrected chi connectivity index (χ4v) is 2.46. The van der Waals surface area contributed by atoms with Crippen LogP contribution in [0.4, 0.5) is 0 Å². The molecule has 0 radical (unpaired) electrons. The standard InChI is InChI=1S/C13H25NO2/c1-10-6-5-7-12(11(10)2)14-13(16)8-3-4-9-15/h10-12,15H,3-9H2,1-2H3,(H,14,16). The maximum Gasteiger partial charge on any atom is 0.220 e. The highest BCUT2D eigenvalue weighted by atomic mass is 16.2. The Hall–Kier alpha value is -0.570. The quantitative estimate of drug-likeness (QED) is 0.707. The topological polar surface area (TPSA) is 49.3 Å². The van der Waals surface area contributed by atoms with Crippen molar-refractivity contribution in [2.24, 2.45) is 11.8 Å². The smallest absolute Gasteiger partial charge is 0.220 e. The molecule has 3 atom stereocenters. The molecule has 94 valence electrons. The summed E-state index contributed by atoms with van der Waals surface area (Å²) in [6.45, 7) is 4.70. The SMILES string of the molecule is CC1CCCC(NC(=O)CCCCO)C1C. The third-order valence-electron chi connectivity index (χ3n) is 3.87. The predicted molar refractivity (Wildman–Crippen MR) is 65.0 cm³/mol. The normalized spacial score (nSPS) is 30.1. The fraction of sp³-hybridized carbons (Fsp3) is 0.923. The van der Waals surface area contributed by atoms with Crippen LogP contribution in [0.2, 0.25) is 0 Å². The molecule has 1 saturated carbocycles. The molecule has 2 N–H and O–H groups in total. The van der Waals surface area contributed by atoms with Crippen molar-refractivity contribution in [3.05, 3.63) is 0 Å². The number of carbonyl (C=O) groups excluding carboxylic acids is 1. The minimum atomic E-state index is 0.152. The lowest BCUT2D eigenvalue weighted by Gasteiger charge is -2.34. The van der Waals surface area contributed by atoms with Crippen LogP contribution in [0.3, 0.4) is 0 Å². The number of aliphatic hydroxyl groups excluding tert-OH is 1. The minimum Gasteiger partial charge on any atom is -0.396 e. The van der Waals surface area contributed by atoms with Crippen LogP contribution >= 0.6 is 0 Å². The molecule has 3 nitrogen and oxygen atoms in total. The van der Waals surface area contributed by atoms with E-state index in [4.69, 9.17) is 5.11 Å². The molecule has 0 aromatic carbocycles. The lowest BCUT2D eigenvalue weighted by Crippen LogP contribution is -2.43. The van der Waals surface area contributed by atoms with Gasteiger partial charge in [0.05, 0.1) is 0 Å². The van der Waals surface area contributed by atoms with Crippen molar-refractivity contribution < 1.29 is 9.90 Å². The molecular weight excluding hydrogens is 202 g/mol. The summed E-state index contributed by atoms with van der Waals surface area (Å²) in [4.78, 5) is 11.6. The molecule has 0 saturated heterocycles. The van der Waals surface area contributed by atoms with Gasteiger partial charge in [0.1, 0.15) is 0 Å². The molecule has 1 aliphatic carbocycles. The first-order valence-corrected chi connectivity index (χ1v) is 6.55. The molecule has 0 heterocycles. The zero-order valence-corrected chi connectivity index (χ0v) is 10.5. The number of hydrogen-bond acceptors (Lipinski definition) is 2. The summed E-state index contributed by atoms with van der Waals surface area (Å²) in [6.07, 6.45) is 5.71. The molecule has 0 bridgehead atoms. The monoisotopic (exact) mass is 227 g/mol. The van der Waals surface area contributed by atoms with Crippen molar-refractivity contribution in [2.45, 2.75) is 58.4 Å². The molecular formula is C13H25NO2. The first-order chi connectivity index (χ1) is 7.65. The van der Waals surface area contributed by atoms with Gasteiger partial charge in [-0.15, -0.1) is 0 Å².